The average Bonchev–Trinajstić information content (AvgIpc) is 2.16. The van der Waals surface area contributed by atoms with Gasteiger partial charge in [-0.25, -0.2) is 12.8 Å². The number of aldehydes is 1. The molecule has 0 amide bonds. The van der Waals surface area contributed by atoms with Gasteiger partial charge in [0.25, 0.3) is 9.05 Å². The minimum absolute atomic E-state index is 0.190. The minimum Gasteiger partial charge on any atom is -0.298 e. The van der Waals surface area contributed by atoms with E-state index in [-0.39, 0.29) is 11.8 Å². The normalized spacial score (nSPS) is 10.7. The number of hydrogen-bond donors (Lipinski definition) is 0. The van der Waals surface area contributed by atoms with Gasteiger partial charge in [0.15, 0.2) is 6.29 Å². The van der Waals surface area contributed by atoms with Crippen LogP contribution in [-0.2, 0) is 9.05 Å². The monoisotopic (exact) mass is 247 g/mol. The Morgan fingerprint density at radius 3 is 2.47 bits per heavy atom. The maximum Gasteiger partial charge on any atom is 0.262 e. The number of nitriles is 1. The number of carbonyl (C=O) groups is 1. The summed E-state index contributed by atoms with van der Waals surface area (Å²) in [5, 5.41) is 8.44. The molecule has 0 unspecified atom stereocenters. The van der Waals surface area contributed by atoms with Crippen LogP contribution in [0.1, 0.15) is 15.9 Å². The van der Waals surface area contributed by atoms with Gasteiger partial charge >= 0.3 is 0 Å². The molecule has 0 radical (unpaired) electrons. The minimum atomic E-state index is -4.20. The lowest BCUT2D eigenvalue weighted by atomic mass is 10.1. The third-order valence-electron chi connectivity index (χ3n) is 1.61. The largest absolute Gasteiger partial charge is 0.298 e. The van der Waals surface area contributed by atoms with E-state index in [1.54, 1.807) is 0 Å². The van der Waals surface area contributed by atoms with E-state index in [1.807, 2.05) is 0 Å². The highest BCUT2D eigenvalue weighted by atomic mass is 35.7. The molecule has 0 saturated heterocycles. The molecule has 7 heteroatoms. The second kappa shape index (κ2) is 3.96. The van der Waals surface area contributed by atoms with Crippen molar-refractivity contribution in [3.63, 3.8) is 0 Å². The van der Waals surface area contributed by atoms with Crippen molar-refractivity contribution in [2.75, 3.05) is 0 Å². The number of nitrogens with zero attached hydrogens (tertiary/aromatic N) is 1. The lowest BCUT2D eigenvalue weighted by molar-refractivity contribution is 0.112. The molecule has 78 valence electrons. The standard InChI is InChI=1S/C8H3ClFNO3S/c9-15(13,14)8-2-7(10)5(3-11)1-6(8)4-12/h1-2,4H. The van der Waals surface area contributed by atoms with Gasteiger partial charge < -0.3 is 0 Å². The van der Waals surface area contributed by atoms with E-state index >= 15 is 0 Å². The van der Waals surface area contributed by atoms with Crippen molar-refractivity contribution in [1.29, 1.82) is 5.26 Å². The van der Waals surface area contributed by atoms with Crippen molar-refractivity contribution < 1.29 is 17.6 Å². The molecular weight excluding hydrogens is 245 g/mol. The molecule has 0 atom stereocenters. The first-order valence-electron chi connectivity index (χ1n) is 3.53. The fourth-order valence-electron chi connectivity index (χ4n) is 0.961. The summed E-state index contributed by atoms with van der Waals surface area (Å²) in [5.41, 5.74) is -0.760. The Balaban J connectivity index is 3.64. The van der Waals surface area contributed by atoms with E-state index in [1.165, 1.54) is 6.07 Å². The van der Waals surface area contributed by atoms with Crippen molar-refractivity contribution >= 4 is 26.0 Å². The van der Waals surface area contributed by atoms with E-state index in [4.69, 9.17) is 15.9 Å². The average molecular weight is 248 g/mol. The summed E-state index contributed by atoms with van der Waals surface area (Å²) in [6.45, 7) is 0. The van der Waals surface area contributed by atoms with Gasteiger partial charge in [0, 0.05) is 16.2 Å². The van der Waals surface area contributed by atoms with Crippen molar-refractivity contribution in [2.45, 2.75) is 4.90 Å². The number of rotatable bonds is 2. The topological polar surface area (TPSA) is 75.0 Å². The van der Waals surface area contributed by atoms with Crippen molar-refractivity contribution in [2.24, 2.45) is 0 Å². The third-order valence-corrected chi connectivity index (χ3v) is 2.99. The van der Waals surface area contributed by atoms with Crippen LogP contribution in [0.2, 0.25) is 0 Å². The molecule has 0 aliphatic heterocycles. The molecule has 0 N–H and O–H groups in total. The van der Waals surface area contributed by atoms with Gasteiger partial charge in [0.1, 0.15) is 11.9 Å². The lowest BCUT2D eigenvalue weighted by Crippen LogP contribution is -2.00. The molecule has 15 heavy (non-hydrogen) atoms. The molecule has 0 bridgehead atoms. The molecule has 1 aromatic carbocycles. The number of hydrogen-bond acceptors (Lipinski definition) is 4. The molecule has 4 nitrogen and oxygen atoms in total. The molecule has 0 fully saturated rings. The number of carbonyl (C=O) groups excluding carboxylic acids is 1. The summed E-state index contributed by atoms with van der Waals surface area (Å²) in [6.07, 6.45) is 0.190. The van der Waals surface area contributed by atoms with Crippen LogP contribution in [0.4, 0.5) is 4.39 Å². The summed E-state index contributed by atoms with van der Waals surface area (Å²) in [6, 6.07) is 2.85. The molecule has 0 spiro atoms. The van der Waals surface area contributed by atoms with Crippen LogP contribution >= 0.6 is 10.7 Å². The second-order valence-corrected chi connectivity index (χ2v) is 5.07. The quantitative estimate of drug-likeness (QED) is 0.585. The maximum atomic E-state index is 13.0. The summed E-state index contributed by atoms with van der Waals surface area (Å²) >= 11 is 0. The zero-order valence-electron chi connectivity index (χ0n) is 7.07. The summed E-state index contributed by atoms with van der Waals surface area (Å²) in [5.74, 6) is -1.04. The maximum absolute atomic E-state index is 13.0. The van der Waals surface area contributed by atoms with Gasteiger partial charge in [0.2, 0.25) is 0 Å². The Morgan fingerprint density at radius 2 is 2.07 bits per heavy atom. The molecule has 0 aliphatic rings. The molecular formula is C8H3ClFNO3S. The highest BCUT2D eigenvalue weighted by Gasteiger charge is 2.18. The molecule has 1 rings (SSSR count). The van der Waals surface area contributed by atoms with Gasteiger partial charge in [0.05, 0.1) is 10.5 Å². The van der Waals surface area contributed by atoms with Gasteiger partial charge in [-0.1, -0.05) is 0 Å². The van der Waals surface area contributed by atoms with Crippen LogP contribution in [-0.4, -0.2) is 14.7 Å². The zero-order chi connectivity index (χ0) is 11.6. The van der Waals surface area contributed by atoms with Crippen molar-refractivity contribution in [3.8, 4) is 6.07 Å². The Bertz CT molecular complexity index is 562. The van der Waals surface area contributed by atoms with Crippen LogP contribution in [0, 0.1) is 17.1 Å². The summed E-state index contributed by atoms with van der Waals surface area (Å²) in [7, 11) is 0.772. The third kappa shape index (κ3) is 2.32. The van der Waals surface area contributed by atoms with E-state index < -0.39 is 25.3 Å². The highest BCUT2D eigenvalue weighted by Crippen LogP contribution is 2.22. The molecule has 1 aromatic rings. The highest BCUT2D eigenvalue weighted by molar-refractivity contribution is 8.13. The Kier molecular flexibility index (Phi) is 3.07. The fraction of sp³-hybridized carbons (Fsp3) is 0. The zero-order valence-corrected chi connectivity index (χ0v) is 8.64. The van der Waals surface area contributed by atoms with Crippen LogP contribution in [0.25, 0.3) is 0 Å². The van der Waals surface area contributed by atoms with Crippen LogP contribution < -0.4 is 0 Å². The van der Waals surface area contributed by atoms with Gasteiger partial charge in [-0.15, -0.1) is 0 Å². The molecule has 0 aliphatic carbocycles. The number of halogens is 2. The van der Waals surface area contributed by atoms with E-state index in [0.717, 1.165) is 6.07 Å². The van der Waals surface area contributed by atoms with Crippen LogP contribution in [0.5, 0.6) is 0 Å². The fourth-order valence-corrected chi connectivity index (χ4v) is 1.99. The smallest absolute Gasteiger partial charge is 0.262 e. The summed E-state index contributed by atoms with van der Waals surface area (Å²) in [4.78, 5) is 9.86. The second-order valence-electron chi connectivity index (χ2n) is 2.54. The van der Waals surface area contributed by atoms with Crippen molar-refractivity contribution in [1.82, 2.24) is 0 Å². The van der Waals surface area contributed by atoms with Crippen molar-refractivity contribution in [3.05, 3.63) is 29.1 Å². The molecule has 0 aromatic heterocycles. The van der Waals surface area contributed by atoms with Crippen LogP contribution in [0.15, 0.2) is 17.0 Å². The Labute approximate surface area is 89.3 Å². The van der Waals surface area contributed by atoms with Crippen LogP contribution in [0.3, 0.4) is 0 Å². The van der Waals surface area contributed by atoms with Gasteiger partial charge in [-0.3, -0.25) is 4.79 Å². The lowest BCUT2D eigenvalue weighted by Gasteiger charge is -2.01. The SMILES string of the molecule is N#Cc1cc(C=O)c(S(=O)(=O)Cl)cc1F. The molecule has 0 heterocycles. The van der Waals surface area contributed by atoms with E-state index in [9.17, 15) is 17.6 Å². The predicted octanol–water partition coefficient (Wildman–Crippen LogP) is 1.44. The first-order valence-corrected chi connectivity index (χ1v) is 5.84. The first-order chi connectivity index (χ1) is 6.90. The van der Waals surface area contributed by atoms with Gasteiger partial charge in [-0.05, 0) is 12.1 Å². The summed E-state index contributed by atoms with van der Waals surface area (Å²) < 4.78 is 34.9. The number of benzene rings is 1. The first kappa shape index (κ1) is 11.6. The Hall–Kier alpha value is -1.45. The van der Waals surface area contributed by atoms with E-state index in [2.05, 4.69) is 0 Å². The predicted molar refractivity (Wildman–Crippen MR) is 49.5 cm³/mol. The molecule has 0 saturated carbocycles. The van der Waals surface area contributed by atoms with Gasteiger partial charge in [-0.2, -0.15) is 5.26 Å². The Morgan fingerprint density at radius 1 is 1.47 bits per heavy atom. The van der Waals surface area contributed by atoms with E-state index in [0.29, 0.717) is 6.07 Å².